The Bertz CT molecular complexity index is 278. The summed E-state index contributed by atoms with van der Waals surface area (Å²) in [7, 11) is -1.04. The molecule has 1 rings (SSSR count). The number of nitrogens with one attached hydrogen (secondary N) is 1. The Morgan fingerprint density at radius 2 is 2.06 bits per heavy atom. The summed E-state index contributed by atoms with van der Waals surface area (Å²) in [5, 5.41) is 12.0. The number of nitrogens with zero attached hydrogens (tertiary/aromatic N) is 1. The monoisotopic (exact) mass is 244 g/mol. The Morgan fingerprint density at radius 3 is 2.56 bits per heavy atom. The van der Waals surface area contributed by atoms with Crippen LogP contribution in [0.2, 0.25) is 0 Å². The SMILES string of the molecule is CC(C)(C)S(C)(C)OC1CNC(CC#N)C1. The fraction of sp³-hybridized carbons (Fsp3) is 0.917. The first-order valence-electron chi connectivity index (χ1n) is 5.78. The summed E-state index contributed by atoms with van der Waals surface area (Å²) in [4.78, 5) is 0. The van der Waals surface area contributed by atoms with Gasteiger partial charge in [-0.3, -0.25) is 0 Å². The second kappa shape index (κ2) is 4.95. The van der Waals surface area contributed by atoms with E-state index in [1.54, 1.807) is 0 Å². The second-order valence-electron chi connectivity index (χ2n) is 5.77. The lowest BCUT2D eigenvalue weighted by molar-refractivity contribution is 0.245. The molecule has 1 N–H and O–H groups in total. The van der Waals surface area contributed by atoms with Crippen LogP contribution in [-0.2, 0) is 4.18 Å². The number of rotatable bonds is 3. The highest BCUT2D eigenvalue weighted by Crippen LogP contribution is 2.55. The molecule has 0 saturated carbocycles. The van der Waals surface area contributed by atoms with E-state index >= 15 is 0 Å². The van der Waals surface area contributed by atoms with Crippen LogP contribution in [0.3, 0.4) is 0 Å². The van der Waals surface area contributed by atoms with E-state index in [0.717, 1.165) is 13.0 Å². The normalized spacial score (nSPS) is 27.8. The summed E-state index contributed by atoms with van der Waals surface area (Å²) in [6.45, 7) is 7.59. The summed E-state index contributed by atoms with van der Waals surface area (Å²) < 4.78 is 6.46. The van der Waals surface area contributed by atoms with Gasteiger partial charge in [-0.05, 0) is 18.9 Å². The highest BCUT2D eigenvalue weighted by molar-refractivity contribution is 8.29. The molecule has 4 heteroatoms. The second-order valence-corrected chi connectivity index (χ2v) is 9.65. The lowest BCUT2D eigenvalue weighted by Gasteiger charge is -2.45. The zero-order valence-electron chi connectivity index (χ0n) is 11.0. The molecule has 1 aliphatic heterocycles. The van der Waals surface area contributed by atoms with Crippen molar-refractivity contribution < 1.29 is 4.18 Å². The number of nitriles is 1. The molecule has 94 valence electrons. The minimum absolute atomic E-state index is 0.209. The van der Waals surface area contributed by atoms with Gasteiger partial charge in [0.25, 0.3) is 0 Å². The molecule has 1 fully saturated rings. The summed E-state index contributed by atoms with van der Waals surface area (Å²) in [5.41, 5.74) is 0. The summed E-state index contributed by atoms with van der Waals surface area (Å²) in [5.74, 6) is 0. The van der Waals surface area contributed by atoms with Crippen LogP contribution in [-0.4, -0.2) is 35.9 Å². The Morgan fingerprint density at radius 1 is 1.44 bits per heavy atom. The van der Waals surface area contributed by atoms with Crippen molar-refractivity contribution in [2.24, 2.45) is 0 Å². The lowest BCUT2D eigenvalue weighted by atomic mass is 10.1. The molecular weight excluding hydrogens is 220 g/mol. The quantitative estimate of drug-likeness (QED) is 0.829. The van der Waals surface area contributed by atoms with E-state index in [1.807, 2.05) is 0 Å². The van der Waals surface area contributed by atoms with Crippen LogP contribution in [0.1, 0.15) is 33.6 Å². The van der Waals surface area contributed by atoms with E-state index in [4.69, 9.17) is 9.44 Å². The van der Waals surface area contributed by atoms with Gasteiger partial charge in [-0.15, -0.1) is 10.3 Å². The van der Waals surface area contributed by atoms with E-state index in [2.05, 4.69) is 44.7 Å². The average Bonchev–Trinajstić information content (AvgIpc) is 2.50. The third-order valence-electron chi connectivity index (χ3n) is 3.37. The van der Waals surface area contributed by atoms with Crippen molar-refractivity contribution in [2.45, 2.75) is 50.5 Å². The molecule has 2 unspecified atom stereocenters. The van der Waals surface area contributed by atoms with Gasteiger partial charge in [0.05, 0.1) is 18.6 Å². The predicted molar refractivity (Wildman–Crippen MR) is 70.7 cm³/mol. The van der Waals surface area contributed by atoms with Crippen molar-refractivity contribution in [1.29, 1.82) is 5.26 Å². The third-order valence-corrected chi connectivity index (χ3v) is 7.07. The highest BCUT2D eigenvalue weighted by Gasteiger charge is 2.34. The molecule has 0 aromatic carbocycles. The van der Waals surface area contributed by atoms with E-state index in [-0.39, 0.29) is 10.9 Å². The molecule has 0 amide bonds. The molecule has 1 saturated heterocycles. The average molecular weight is 244 g/mol. The molecule has 0 aliphatic carbocycles. The van der Waals surface area contributed by atoms with E-state index in [9.17, 15) is 0 Å². The van der Waals surface area contributed by atoms with E-state index < -0.39 is 10.3 Å². The molecule has 0 radical (unpaired) electrons. The summed E-state index contributed by atoms with van der Waals surface area (Å²) in [6.07, 6.45) is 6.29. The molecular formula is C12H24N2OS. The Kier molecular flexibility index (Phi) is 4.28. The smallest absolute Gasteiger partial charge is 0.0840 e. The molecule has 0 aromatic rings. The molecule has 3 nitrogen and oxygen atoms in total. The van der Waals surface area contributed by atoms with Gasteiger partial charge >= 0.3 is 0 Å². The van der Waals surface area contributed by atoms with Crippen molar-refractivity contribution >= 4 is 10.3 Å². The van der Waals surface area contributed by atoms with Crippen molar-refractivity contribution in [3.8, 4) is 6.07 Å². The molecule has 0 aromatic heterocycles. The van der Waals surface area contributed by atoms with Crippen LogP contribution in [0.25, 0.3) is 0 Å². The van der Waals surface area contributed by atoms with Gasteiger partial charge in [0, 0.05) is 17.3 Å². The zero-order valence-corrected chi connectivity index (χ0v) is 11.9. The van der Waals surface area contributed by atoms with Gasteiger partial charge in [-0.1, -0.05) is 20.8 Å². The lowest BCUT2D eigenvalue weighted by Crippen LogP contribution is -2.29. The fourth-order valence-corrected chi connectivity index (χ4v) is 2.72. The number of hydrogen-bond acceptors (Lipinski definition) is 3. The maximum absolute atomic E-state index is 8.65. The van der Waals surface area contributed by atoms with Crippen LogP contribution in [0.15, 0.2) is 0 Å². The third kappa shape index (κ3) is 3.38. The first-order chi connectivity index (χ1) is 7.26. The molecule has 1 aliphatic rings. The van der Waals surface area contributed by atoms with E-state index in [1.165, 1.54) is 0 Å². The Labute approximate surface area is 101 Å². The van der Waals surface area contributed by atoms with Gasteiger partial charge in [-0.2, -0.15) is 5.26 Å². The van der Waals surface area contributed by atoms with Crippen LogP contribution in [0.4, 0.5) is 0 Å². The van der Waals surface area contributed by atoms with Gasteiger partial charge in [0.1, 0.15) is 0 Å². The van der Waals surface area contributed by atoms with Gasteiger partial charge in [0.15, 0.2) is 0 Å². The minimum atomic E-state index is -1.04. The minimum Gasteiger partial charge on any atom is -0.332 e. The molecule has 1 heterocycles. The topological polar surface area (TPSA) is 45.0 Å². The van der Waals surface area contributed by atoms with Crippen LogP contribution < -0.4 is 5.32 Å². The van der Waals surface area contributed by atoms with Crippen molar-refractivity contribution in [3.05, 3.63) is 0 Å². The molecule has 0 bridgehead atoms. The standard InChI is InChI=1S/C12H24N2OS/c1-12(2,3)16(4,5)15-11-8-10(6-7-13)14-9-11/h10-11,14H,6,8-9H2,1-5H3. The van der Waals surface area contributed by atoms with Gasteiger partial charge in [0.2, 0.25) is 0 Å². The van der Waals surface area contributed by atoms with Gasteiger partial charge < -0.3 is 9.50 Å². The van der Waals surface area contributed by atoms with Crippen molar-refractivity contribution in [2.75, 3.05) is 19.1 Å². The summed E-state index contributed by atoms with van der Waals surface area (Å²) in [6, 6.07) is 2.54. The molecule has 16 heavy (non-hydrogen) atoms. The Balaban J connectivity index is 2.49. The van der Waals surface area contributed by atoms with Crippen molar-refractivity contribution in [1.82, 2.24) is 5.32 Å². The first-order valence-corrected chi connectivity index (χ1v) is 8.15. The predicted octanol–water partition coefficient (Wildman–Crippen LogP) is 2.42. The summed E-state index contributed by atoms with van der Waals surface area (Å²) >= 11 is 0. The largest absolute Gasteiger partial charge is 0.332 e. The van der Waals surface area contributed by atoms with Crippen LogP contribution in [0, 0.1) is 11.3 Å². The maximum atomic E-state index is 8.65. The molecule has 0 spiro atoms. The zero-order chi connectivity index (χ0) is 12.4. The van der Waals surface area contributed by atoms with Crippen LogP contribution >= 0.6 is 10.3 Å². The number of hydrogen-bond donors (Lipinski definition) is 1. The van der Waals surface area contributed by atoms with Crippen LogP contribution in [0.5, 0.6) is 0 Å². The fourth-order valence-electron chi connectivity index (χ4n) is 1.61. The van der Waals surface area contributed by atoms with Crippen molar-refractivity contribution in [3.63, 3.8) is 0 Å². The molecule has 2 atom stereocenters. The maximum Gasteiger partial charge on any atom is 0.0840 e. The Hall–Kier alpha value is -0.240. The highest BCUT2D eigenvalue weighted by atomic mass is 32.3. The first kappa shape index (κ1) is 13.8. The van der Waals surface area contributed by atoms with E-state index in [0.29, 0.717) is 12.5 Å². The van der Waals surface area contributed by atoms with Gasteiger partial charge in [-0.25, -0.2) is 0 Å².